The van der Waals surface area contributed by atoms with Crippen molar-refractivity contribution in [2.45, 2.75) is 70.3 Å². The van der Waals surface area contributed by atoms with Crippen LogP contribution in [0.15, 0.2) is 0 Å². The number of hydrogen-bond donors (Lipinski definition) is 0. The summed E-state index contributed by atoms with van der Waals surface area (Å²) in [5.74, 6) is 0.954. The first kappa shape index (κ1) is 10.5. The highest BCUT2D eigenvalue weighted by Crippen LogP contribution is 2.28. The van der Waals surface area contributed by atoms with Crippen LogP contribution in [0, 0.1) is 5.92 Å². The first-order chi connectivity index (χ1) is 6.97. The minimum Gasteiger partial charge on any atom is -0.238 e. The van der Waals surface area contributed by atoms with Crippen molar-refractivity contribution in [3.63, 3.8) is 0 Å². The standard InChI is InChI=1S/C13H24N/c1-2-4-8-12(9-5-3-1)13-10-6-7-11-14-13/h12-13H,1-11H2. The maximum atomic E-state index is 4.83. The van der Waals surface area contributed by atoms with E-state index in [9.17, 15) is 0 Å². The molecule has 1 nitrogen and oxygen atoms in total. The maximum Gasteiger partial charge on any atom is 0.0274 e. The molecule has 1 aliphatic heterocycles. The summed E-state index contributed by atoms with van der Waals surface area (Å²) in [6.45, 7) is 1.15. The molecule has 2 fully saturated rings. The van der Waals surface area contributed by atoms with Gasteiger partial charge in [-0.15, -0.1) is 0 Å². The van der Waals surface area contributed by atoms with Gasteiger partial charge in [0.2, 0.25) is 0 Å². The third-order valence-electron chi connectivity index (χ3n) is 3.97. The molecule has 1 atom stereocenters. The van der Waals surface area contributed by atoms with E-state index in [1.54, 1.807) is 0 Å². The molecular formula is C13H24N. The van der Waals surface area contributed by atoms with Crippen LogP contribution in [-0.2, 0) is 0 Å². The highest BCUT2D eigenvalue weighted by molar-refractivity contribution is 4.80. The Balaban J connectivity index is 1.80. The van der Waals surface area contributed by atoms with Gasteiger partial charge in [0.05, 0.1) is 0 Å². The average molecular weight is 194 g/mol. The fraction of sp³-hybridized carbons (Fsp3) is 1.00. The molecule has 1 radical (unpaired) electrons. The van der Waals surface area contributed by atoms with Crippen LogP contribution in [0.4, 0.5) is 0 Å². The van der Waals surface area contributed by atoms with Gasteiger partial charge in [-0.1, -0.05) is 38.5 Å². The van der Waals surface area contributed by atoms with Crippen LogP contribution >= 0.6 is 0 Å². The van der Waals surface area contributed by atoms with Crippen molar-refractivity contribution >= 4 is 0 Å². The highest BCUT2D eigenvalue weighted by Gasteiger charge is 2.24. The molecule has 1 saturated carbocycles. The monoisotopic (exact) mass is 194 g/mol. The van der Waals surface area contributed by atoms with E-state index in [2.05, 4.69) is 0 Å². The molecule has 0 N–H and O–H groups in total. The molecule has 14 heavy (non-hydrogen) atoms. The Labute approximate surface area is 88.7 Å². The second-order valence-electron chi connectivity index (χ2n) is 5.07. The lowest BCUT2D eigenvalue weighted by atomic mass is 9.82. The number of rotatable bonds is 1. The van der Waals surface area contributed by atoms with E-state index in [0.29, 0.717) is 0 Å². The van der Waals surface area contributed by atoms with Crippen molar-refractivity contribution in [2.24, 2.45) is 5.92 Å². The summed E-state index contributed by atoms with van der Waals surface area (Å²) < 4.78 is 0. The Morgan fingerprint density at radius 3 is 1.93 bits per heavy atom. The summed E-state index contributed by atoms with van der Waals surface area (Å²) in [5, 5.41) is 4.83. The zero-order valence-corrected chi connectivity index (χ0v) is 9.38. The lowest BCUT2D eigenvalue weighted by Crippen LogP contribution is -2.35. The van der Waals surface area contributed by atoms with Crippen LogP contribution < -0.4 is 5.32 Å². The second kappa shape index (κ2) is 5.75. The van der Waals surface area contributed by atoms with Gasteiger partial charge in [-0.25, -0.2) is 5.32 Å². The molecule has 2 rings (SSSR count). The first-order valence-corrected chi connectivity index (χ1v) is 6.63. The van der Waals surface area contributed by atoms with E-state index >= 15 is 0 Å². The predicted octanol–water partition coefficient (Wildman–Crippen LogP) is 3.50. The Hall–Kier alpha value is -0.0400. The van der Waals surface area contributed by atoms with Gasteiger partial charge < -0.3 is 0 Å². The molecule has 0 aromatic heterocycles. The smallest absolute Gasteiger partial charge is 0.0274 e. The zero-order valence-electron chi connectivity index (χ0n) is 9.38. The topological polar surface area (TPSA) is 14.1 Å². The Kier molecular flexibility index (Phi) is 4.30. The van der Waals surface area contributed by atoms with Gasteiger partial charge in [0, 0.05) is 12.6 Å². The van der Waals surface area contributed by atoms with Gasteiger partial charge in [-0.3, -0.25) is 0 Å². The third kappa shape index (κ3) is 2.98. The molecule has 1 unspecified atom stereocenters. The fourth-order valence-corrected chi connectivity index (χ4v) is 3.07. The van der Waals surface area contributed by atoms with Crippen LogP contribution in [0.3, 0.4) is 0 Å². The predicted molar refractivity (Wildman–Crippen MR) is 60.4 cm³/mol. The molecule has 1 heterocycles. The quantitative estimate of drug-likeness (QED) is 0.606. The van der Waals surface area contributed by atoms with Crippen molar-refractivity contribution in [2.75, 3.05) is 6.54 Å². The van der Waals surface area contributed by atoms with Crippen molar-refractivity contribution in [3.05, 3.63) is 0 Å². The summed E-state index contributed by atoms with van der Waals surface area (Å²) in [7, 11) is 0. The summed E-state index contributed by atoms with van der Waals surface area (Å²) >= 11 is 0. The molecule has 2 aliphatic rings. The lowest BCUT2D eigenvalue weighted by molar-refractivity contribution is 0.243. The molecule has 0 amide bonds. The Bertz CT molecular complexity index is 141. The highest BCUT2D eigenvalue weighted by atomic mass is 14.9. The third-order valence-corrected chi connectivity index (χ3v) is 3.97. The molecule has 0 aromatic carbocycles. The van der Waals surface area contributed by atoms with Gasteiger partial charge >= 0.3 is 0 Å². The fourth-order valence-electron chi connectivity index (χ4n) is 3.07. The largest absolute Gasteiger partial charge is 0.238 e. The second-order valence-corrected chi connectivity index (χ2v) is 5.07. The molecule has 1 saturated heterocycles. The van der Waals surface area contributed by atoms with E-state index in [4.69, 9.17) is 5.32 Å². The molecule has 81 valence electrons. The van der Waals surface area contributed by atoms with Crippen molar-refractivity contribution in [3.8, 4) is 0 Å². The average Bonchev–Trinajstić information content (AvgIpc) is 2.18. The number of piperidine rings is 1. The minimum atomic E-state index is 0.752. The first-order valence-electron chi connectivity index (χ1n) is 6.63. The van der Waals surface area contributed by atoms with Gasteiger partial charge in [0.15, 0.2) is 0 Å². The van der Waals surface area contributed by atoms with Crippen LogP contribution in [-0.4, -0.2) is 12.6 Å². The Morgan fingerprint density at radius 2 is 1.29 bits per heavy atom. The van der Waals surface area contributed by atoms with Crippen LogP contribution in [0.2, 0.25) is 0 Å². The van der Waals surface area contributed by atoms with Crippen molar-refractivity contribution in [1.29, 1.82) is 0 Å². The van der Waals surface area contributed by atoms with E-state index in [1.165, 1.54) is 64.2 Å². The van der Waals surface area contributed by atoms with Crippen LogP contribution in [0.5, 0.6) is 0 Å². The zero-order chi connectivity index (χ0) is 9.64. The van der Waals surface area contributed by atoms with Gasteiger partial charge in [-0.05, 0) is 31.6 Å². The molecular weight excluding hydrogens is 170 g/mol. The van der Waals surface area contributed by atoms with Crippen LogP contribution in [0.1, 0.15) is 64.2 Å². The molecule has 0 spiro atoms. The van der Waals surface area contributed by atoms with Gasteiger partial charge in [0.25, 0.3) is 0 Å². The van der Waals surface area contributed by atoms with E-state index in [1.807, 2.05) is 0 Å². The van der Waals surface area contributed by atoms with E-state index < -0.39 is 0 Å². The molecule has 1 aliphatic carbocycles. The van der Waals surface area contributed by atoms with Crippen molar-refractivity contribution < 1.29 is 0 Å². The summed E-state index contributed by atoms with van der Waals surface area (Å²) in [4.78, 5) is 0. The minimum absolute atomic E-state index is 0.752. The molecule has 1 heteroatoms. The SMILES string of the molecule is C1CCCC(C2CCCC[N]2)CCC1. The van der Waals surface area contributed by atoms with E-state index in [0.717, 1.165) is 18.5 Å². The Morgan fingerprint density at radius 1 is 0.643 bits per heavy atom. The maximum absolute atomic E-state index is 4.83. The van der Waals surface area contributed by atoms with Gasteiger partial charge in [0.1, 0.15) is 0 Å². The van der Waals surface area contributed by atoms with Crippen LogP contribution in [0.25, 0.3) is 0 Å². The number of hydrogen-bond acceptors (Lipinski definition) is 0. The molecule has 0 bridgehead atoms. The summed E-state index contributed by atoms with van der Waals surface area (Å²) in [6, 6.07) is 0.752. The molecule has 0 aromatic rings. The normalized spacial score (nSPS) is 32.1. The summed E-state index contributed by atoms with van der Waals surface area (Å²) in [5.41, 5.74) is 0. The lowest BCUT2D eigenvalue weighted by Gasteiger charge is -2.31. The van der Waals surface area contributed by atoms with Crippen molar-refractivity contribution in [1.82, 2.24) is 5.32 Å². The van der Waals surface area contributed by atoms with Gasteiger partial charge in [-0.2, -0.15) is 0 Å². The number of nitrogens with zero attached hydrogens (tertiary/aromatic N) is 1. The van der Waals surface area contributed by atoms with E-state index in [-0.39, 0.29) is 0 Å². The summed E-state index contributed by atoms with van der Waals surface area (Å²) in [6.07, 6.45) is 14.5.